The fourth-order valence-electron chi connectivity index (χ4n) is 2.95. The third kappa shape index (κ3) is 8.08. The van der Waals surface area contributed by atoms with Crippen molar-refractivity contribution in [3.05, 3.63) is 53.7 Å². The summed E-state index contributed by atoms with van der Waals surface area (Å²) in [6, 6.07) is 9.97. The van der Waals surface area contributed by atoms with Gasteiger partial charge in [0.15, 0.2) is 0 Å². The number of nitrogens with one attached hydrogen (secondary N) is 3. The van der Waals surface area contributed by atoms with E-state index in [1.807, 2.05) is 31.7 Å². The van der Waals surface area contributed by atoms with Gasteiger partial charge < -0.3 is 20.9 Å². The molecular weight excluding hydrogens is 394 g/mol. The maximum absolute atomic E-state index is 12.6. The van der Waals surface area contributed by atoms with E-state index in [0.29, 0.717) is 17.1 Å². The van der Waals surface area contributed by atoms with Gasteiger partial charge in [-0.25, -0.2) is 9.78 Å². The molecule has 2 rings (SSSR count). The molecule has 0 atom stereocenters. The van der Waals surface area contributed by atoms with E-state index < -0.39 is 6.03 Å². The van der Waals surface area contributed by atoms with Gasteiger partial charge in [0.05, 0.1) is 0 Å². The van der Waals surface area contributed by atoms with Gasteiger partial charge >= 0.3 is 6.03 Å². The highest BCUT2D eigenvalue weighted by Gasteiger charge is 2.14. The first-order chi connectivity index (χ1) is 14.9. The molecule has 0 aliphatic rings. The second-order valence-corrected chi connectivity index (χ2v) is 7.27. The summed E-state index contributed by atoms with van der Waals surface area (Å²) in [5, 5.41) is 8.02. The molecule has 0 spiro atoms. The van der Waals surface area contributed by atoms with Crippen LogP contribution in [0.2, 0.25) is 0 Å². The lowest BCUT2D eigenvalue weighted by Gasteiger charge is -2.21. The predicted octanol–water partition coefficient (Wildman–Crippen LogP) is 3.80. The molecule has 1 aromatic carbocycles. The first-order valence-electron chi connectivity index (χ1n) is 10.6. The lowest BCUT2D eigenvalue weighted by molar-refractivity contribution is -0.116. The minimum atomic E-state index is -0.418. The first-order valence-corrected chi connectivity index (χ1v) is 10.6. The smallest absolute Gasteiger partial charge is 0.319 e. The molecule has 0 fully saturated rings. The minimum Gasteiger partial charge on any atom is -0.339 e. The third-order valence-electron chi connectivity index (χ3n) is 4.48. The highest BCUT2D eigenvalue weighted by molar-refractivity contribution is 5.95. The van der Waals surface area contributed by atoms with Gasteiger partial charge in [-0.15, -0.1) is 0 Å². The quantitative estimate of drug-likeness (QED) is 0.539. The molecule has 4 amide bonds. The second kappa shape index (κ2) is 12.3. The van der Waals surface area contributed by atoms with Crippen LogP contribution in [0.25, 0.3) is 0 Å². The molecule has 8 nitrogen and oxygen atoms in total. The van der Waals surface area contributed by atoms with Gasteiger partial charge in [0.2, 0.25) is 5.91 Å². The number of carbonyl (C=O) groups is 3. The van der Waals surface area contributed by atoms with E-state index in [1.165, 1.54) is 0 Å². The standard InChI is InChI=1S/C23H31N5O3/c1-4-14-28(15-5-2)22(30)18-7-9-19(10-8-18)26-23(31)24-13-12-21(29)27-20-11-6-17(3)16-25-20/h6-11,16H,4-5,12-15H2,1-3H3,(H2,24,26,31)(H,25,27,29). The molecule has 0 unspecified atom stereocenters. The summed E-state index contributed by atoms with van der Waals surface area (Å²) in [4.78, 5) is 42.5. The van der Waals surface area contributed by atoms with Crippen LogP contribution in [-0.4, -0.2) is 47.4 Å². The molecular formula is C23H31N5O3. The molecule has 0 aliphatic heterocycles. The Hall–Kier alpha value is -3.42. The Balaban J connectivity index is 1.77. The maximum atomic E-state index is 12.6. The molecule has 0 aliphatic carbocycles. The number of rotatable bonds is 10. The highest BCUT2D eigenvalue weighted by atomic mass is 16.2. The maximum Gasteiger partial charge on any atom is 0.319 e. The molecule has 166 valence electrons. The Labute approximate surface area is 183 Å². The lowest BCUT2D eigenvalue weighted by atomic mass is 10.1. The molecule has 1 aromatic heterocycles. The van der Waals surface area contributed by atoms with Gasteiger partial charge in [-0.1, -0.05) is 19.9 Å². The van der Waals surface area contributed by atoms with Crippen LogP contribution in [-0.2, 0) is 4.79 Å². The number of hydrogen-bond acceptors (Lipinski definition) is 4. The van der Waals surface area contributed by atoms with Crippen molar-refractivity contribution >= 4 is 29.4 Å². The Kier molecular flexibility index (Phi) is 9.48. The third-order valence-corrected chi connectivity index (χ3v) is 4.48. The fraction of sp³-hybridized carbons (Fsp3) is 0.391. The van der Waals surface area contributed by atoms with Crippen molar-refractivity contribution in [3.8, 4) is 0 Å². The molecule has 1 heterocycles. The number of carbonyl (C=O) groups excluding carboxylic acids is 3. The zero-order chi connectivity index (χ0) is 22.6. The van der Waals surface area contributed by atoms with Crippen molar-refractivity contribution in [2.75, 3.05) is 30.3 Å². The highest BCUT2D eigenvalue weighted by Crippen LogP contribution is 2.12. The average Bonchev–Trinajstić information content (AvgIpc) is 2.75. The minimum absolute atomic E-state index is 0.00576. The number of aryl methyl sites for hydroxylation is 1. The number of urea groups is 1. The van der Waals surface area contributed by atoms with E-state index in [1.54, 1.807) is 36.5 Å². The van der Waals surface area contributed by atoms with Crippen LogP contribution in [0.15, 0.2) is 42.6 Å². The topological polar surface area (TPSA) is 103 Å². The lowest BCUT2D eigenvalue weighted by Crippen LogP contribution is -2.32. The van der Waals surface area contributed by atoms with Crippen molar-refractivity contribution in [2.45, 2.75) is 40.0 Å². The fourth-order valence-corrected chi connectivity index (χ4v) is 2.95. The molecule has 0 bridgehead atoms. The Morgan fingerprint density at radius 1 is 0.935 bits per heavy atom. The van der Waals surface area contributed by atoms with E-state index in [9.17, 15) is 14.4 Å². The van der Waals surface area contributed by atoms with Crippen LogP contribution in [0.3, 0.4) is 0 Å². The molecule has 3 N–H and O–H groups in total. The summed E-state index contributed by atoms with van der Waals surface area (Å²) < 4.78 is 0. The number of anilines is 2. The number of hydrogen-bond donors (Lipinski definition) is 3. The number of amides is 4. The van der Waals surface area contributed by atoms with Crippen LogP contribution in [0, 0.1) is 6.92 Å². The van der Waals surface area contributed by atoms with E-state index in [2.05, 4.69) is 20.9 Å². The van der Waals surface area contributed by atoms with Crippen molar-refractivity contribution in [1.29, 1.82) is 0 Å². The molecule has 0 saturated carbocycles. The number of pyridine rings is 1. The first kappa shape index (κ1) is 23.9. The molecule has 8 heteroatoms. The normalized spacial score (nSPS) is 10.3. The van der Waals surface area contributed by atoms with Crippen LogP contribution in [0.4, 0.5) is 16.3 Å². The van der Waals surface area contributed by atoms with Crippen LogP contribution in [0.1, 0.15) is 49.0 Å². The summed E-state index contributed by atoms with van der Waals surface area (Å²) in [5.74, 6) is 0.239. The Morgan fingerprint density at radius 3 is 2.19 bits per heavy atom. The van der Waals surface area contributed by atoms with Crippen molar-refractivity contribution in [3.63, 3.8) is 0 Å². The predicted molar refractivity (Wildman–Crippen MR) is 122 cm³/mol. The van der Waals surface area contributed by atoms with Gasteiger partial charge in [-0.05, 0) is 55.7 Å². The summed E-state index contributed by atoms with van der Waals surface area (Å²) in [5.41, 5.74) is 2.17. The van der Waals surface area contributed by atoms with Gasteiger partial charge in [-0.2, -0.15) is 0 Å². The van der Waals surface area contributed by atoms with Gasteiger partial charge in [-0.3, -0.25) is 9.59 Å². The van der Waals surface area contributed by atoms with Crippen molar-refractivity contribution < 1.29 is 14.4 Å². The molecule has 0 saturated heterocycles. The van der Waals surface area contributed by atoms with E-state index in [4.69, 9.17) is 0 Å². The van der Waals surface area contributed by atoms with Crippen LogP contribution in [0.5, 0.6) is 0 Å². The van der Waals surface area contributed by atoms with Crippen molar-refractivity contribution in [1.82, 2.24) is 15.2 Å². The molecule has 2 aromatic rings. The van der Waals surface area contributed by atoms with E-state index in [-0.39, 0.29) is 24.8 Å². The number of aromatic nitrogens is 1. The van der Waals surface area contributed by atoms with Crippen LogP contribution < -0.4 is 16.0 Å². The summed E-state index contributed by atoms with van der Waals surface area (Å²) >= 11 is 0. The zero-order valence-corrected chi connectivity index (χ0v) is 18.4. The zero-order valence-electron chi connectivity index (χ0n) is 18.4. The van der Waals surface area contributed by atoms with Gasteiger partial charge in [0.25, 0.3) is 5.91 Å². The Bertz CT molecular complexity index is 860. The summed E-state index contributed by atoms with van der Waals surface area (Å²) in [6.45, 7) is 7.64. The summed E-state index contributed by atoms with van der Waals surface area (Å²) in [6.07, 6.45) is 3.61. The van der Waals surface area contributed by atoms with Gasteiger partial charge in [0, 0.05) is 43.5 Å². The molecule has 0 radical (unpaired) electrons. The average molecular weight is 426 g/mol. The van der Waals surface area contributed by atoms with Crippen molar-refractivity contribution in [2.24, 2.45) is 0 Å². The number of benzene rings is 1. The summed E-state index contributed by atoms with van der Waals surface area (Å²) in [7, 11) is 0. The molecule has 31 heavy (non-hydrogen) atoms. The monoisotopic (exact) mass is 425 g/mol. The van der Waals surface area contributed by atoms with Crippen LogP contribution >= 0.6 is 0 Å². The van der Waals surface area contributed by atoms with E-state index >= 15 is 0 Å². The van der Waals surface area contributed by atoms with Gasteiger partial charge in [0.1, 0.15) is 5.82 Å². The Morgan fingerprint density at radius 2 is 1.61 bits per heavy atom. The largest absolute Gasteiger partial charge is 0.339 e. The SMILES string of the molecule is CCCN(CCC)C(=O)c1ccc(NC(=O)NCCC(=O)Nc2ccc(C)cn2)cc1. The second-order valence-electron chi connectivity index (χ2n) is 7.27. The van der Waals surface area contributed by atoms with E-state index in [0.717, 1.165) is 31.5 Å². The number of nitrogens with zero attached hydrogens (tertiary/aromatic N) is 2.